The minimum atomic E-state index is -0.334. The smallest absolute Gasteiger partial charge is 0.319 e. The molecule has 5 nitrogen and oxygen atoms in total. The van der Waals surface area contributed by atoms with Crippen molar-refractivity contribution in [2.24, 2.45) is 0 Å². The van der Waals surface area contributed by atoms with Gasteiger partial charge in [-0.1, -0.05) is 22.8 Å². The van der Waals surface area contributed by atoms with E-state index in [2.05, 4.69) is 15.8 Å². The van der Waals surface area contributed by atoms with E-state index in [-0.39, 0.29) is 6.03 Å². The van der Waals surface area contributed by atoms with Gasteiger partial charge < -0.3 is 15.2 Å². The molecule has 2 N–H and O–H groups in total. The third-order valence-corrected chi connectivity index (χ3v) is 3.08. The van der Waals surface area contributed by atoms with Gasteiger partial charge in [-0.2, -0.15) is 0 Å². The lowest BCUT2D eigenvalue weighted by atomic mass is 10.1. The number of halogens is 1. The Balaban J connectivity index is 1.98. The van der Waals surface area contributed by atoms with Crippen LogP contribution in [0.15, 0.2) is 22.7 Å². The summed E-state index contributed by atoms with van der Waals surface area (Å²) in [6, 6.07) is 5.21. The van der Waals surface area contributed by atoms with E-state index in [9.17, 15) is 4.79 Å². The summed E-state index contributed by atoms with van der Waals surface area (Å²) < 4.78 is 4.92. The molecule has 106 valence electrons. The number of carbonyl (C=O) groups is 1. The van der Waals surface area contributed by atoms with Crippen molar-refractivity contribution in [2.75, 3.05) is 5.32 Å². The van der Waals surface area contributed by atoms with Gasteiger partial charge in [0, 0.05) is 6.07 Å². The number of aryl methyl sites for hydroxylation is 3. The molecule has 0 bridgehead atoms. The predicted octanol–water partition coefficient (Wildman–Crippen LogP) is 3.57. The van der Waals surface area contributed by atoms with Crippen LogP contribution in [0.25, 0.3) is 0 Å². The van der Waals surface area contributed by atoms with Crippen molar-refractivity contribution < 1.29 is 9.32 Å². The van der Waals surface area contributed by atoms with Gasteiger partial charge in [-0.05, 0) is 38.0 Å². The molecule has 20 heavy (non-hydrogen) atoms. The van der Waals surface area contributed by atoms with E-state index in [1.807, 2.05) is 26.0 Å². The fourth-order valence-electron chi connectivity index (χ4n) is 1.90. The number of anilines is 1. The molecular formula is C14H16ClN3O2. The first-order chi connectivity index (χ1) is 9.45. The first kappa shape index (κ1) is 14.4. The summed E-state index contributed by atoms with van der Waals surface area (Å²) in [5.74, 6) is 0.708. The van der Waals surface area contributed by atoms with Crippen molar-refractivity contribution in [3.05, 3.63) is 45.8 Å². The molecule has 0 atom stereocenters. The van der Waals surface area contributed by atoms with E-state index in [0.29, 0.717) is 28.7 Å². The van der Waals surface area contributed by atoms with E-state index in [1.165, 1.54) is 0 Å². The van der Waals surface area contributed by atoms with E-state index >= 15 is 0 Å². The fraction of sp³-hybridized carbons (Fsp3) is 0.286. The molecule has 0 saturated heterocycles. The van der Waals surface area contributed by atoms with Gasteiger partial charge >= 0.3 is 6.03 Å². The lowest BCUT2D eigenvalue weighted by Gasteiger charge is -2.12. The van der Waals surface area contributed by atoms with Crippen LogP contribution in [0.4, 0.5) is 10.5 Å². The van der Waals surface area contributed by atoms with Crippen molar-refractivity contribution >= 4 is 23.3 Å². The normalized spacial score (nSPS) is 10.4. The van der Waals surface area contributed by atoms with Crippen molar-refractivity contribution in [1.82, 2.24) is 10.5 Å². The average molecular weight is 294 g/mol. The maximum atomic E-state index is 11.8. The quantitative estimate of drug-likeness (QED) is 0.909. The molecule has 0 radical (unpaired) electrons. The Hall–Kier alpha value is -2.01. The lowest BCUT2D eigenvalue weighted by Crippen LogP contribution is -2.28. The molecule has 0 fully saturated rings. The predicted molar refractivity (Wildman–Crippen MR) is 78.0 cm³/mol. The fourth-order valence-corrected chi connectivity index (χ4v) is 2.27. The van der Waals surface area contributed by atoms with Crippen molar-refractivity contribution in [2.45, 2.75) is 27.3 Å². The standard InChI is InChI=1S/C14H16ClN3O2/c1-8-4-9(2)13(12(15)5-8)17-14(19)16-7-11-6-10(3)20-18-11/h4-6H,7H2,1-3H3,(H2,16,17,19). The summed E-state index contributed by atoms with van der Waals surface area (Å²) in [5, 5.41) is 9.76. The average Bonchev–Trinajstić information content (AvgIpc) is 2.77. The molecule has 1 heterocycles. The Morgan fingerprint density at radius 3 is 2.65 bits per heavy atom. The number of aromatic nitrogens is 1. The Morgan fingerprint density at radius 2 is 2.05 bits per heavy atom. The number of nitrogens with one attached hydrogen (secondary N) is 2. The number of nitrogens with zero attached hydrogens (tertiary/aromatic N) is 1. The maximum absolute atomic E-state index is 11.8. The summed E-state index contributed by atoms with van der Waals surface area (Å²) in [6.07, 6.45) is 0. The highest BCUT2D eigenvalue weighted by Gasteiger charge is 2.10. The van der Waals surface area contributed by atoms with Crippen molar-refractivity contribution in [3.8, 4) is 0 Å². The third-order valence-electron chi connectivity index (χ3n) is 2.78. The molecule has 0 saturated carbocycles. The summed E-state index contributed by atoms with van der Waals surface area (Å²) in [6.45, 7) is 5.95. The zero-order valence-electron chi connectivity index (χ0n) is 11.6. The van der Waals surface area contributed by atoms with Crippen LogP contribution in [-0.4, -0.2) is 11.2 Å². The maximum Gasteiger partial charge on any atom is 0.319 e. The van der Waals surface area contributed by atoms with Gasteiger partial charge in [-0.15, -0.1) is 0 Å². The lowest BCUT2D eigenvalue weighted by molar-refractivity contribution is 0.251. The largest absolute Gasteiger partial charge is 0.361 e. The SMILES string of the molecule is Cc1cc(C)c(NC(=O)NCc2cc(C)on2)c(Cl)c1. The van der Waals surface area contributed by atoms with Gasteiger partial charge in [0.1, 0.15) is 11.5 Å². The highest BCUT2D eigenvalue weighted by molar-refractivity contribution is 6.34. The van der Waals surface area contributed by atoms with Crippen LogP contribution in [0, 0.1) is 20.8 Å². The Morgan fingerprint density at radius 1 is 1.30 bits per heavy atom. The van der Waals surface area contributed by atoms with Crippen molar-refractivity contribution in [3.63, 3.8) is 0 Å². The molecular weight excluding hydrogens is 278 g/mol. The number of urea groups is 1. The van der Waals surface area contributed by atoms with E-state index in [4.69, 9.17) is 16.1 Å². The summed E-state index contributed by atoms with van der Waals surface area (Å²) in [4.78, 5) is 11.8. The first-order valence-electron chi connectivity index (χ1n) is 6.19. The molecule has 1 aromatic carbocycles. The molecule has 2 rings (SSSR count). The summed E-state index contributed by atoms with van der Waals surface area (Å²) in [7, 11) is 0. The zero-order valence-corrected chi connectivity index (χ0v) is 12.3. The monoisotopic (exact) mass is 293 g/mol. The number of carbonyl (C=O) groups excluding carboxylic acids is 1. The zero-order chi connectivity index (χ0) is 14.7. The number of amides is 2. The van der Waals surface area contributed by atoms with Crippen LogP contribution >= 0.6 is 11.6 Å². The minimum Gasteiger partial charge on any atom is -0.361 e. The van der Waals surface area contributed by atoms with E-state index in [0.717, 1.165) is 11.1 Å². The van der Waals surface area contributed by atoms with Crippen LogP contribution < -0.4 is 10.6 Å². The topological polar surface area (TPSA) is 67.2 Å². The van der Waals surface area contributed by atoms with Crippen LogP contribution in [0.3, 0.4) is 0 Å². The second-order valence-corrected chi connectivity index (χ2v) is 5.08. The number of benzene rings is 1. The van der Waals surface area contributed by atoms with Gasteiger partial charge in [0.25, 0.3) is 0 Å². The number of hydrogen-bond acceptors (Lipinski definition) is 3. The number of hydrogen-bond donors (Lipinski definition) is 2. The molecule has 0 aliphatic heterocycles. The number of rotatable bonds is 3. The van der Waals surface area contributed by atoms with Gasteiger partial charge in [0.05, 0.1) is 17.3 Å². The van der Waals surface area contributed by atoms with Gasteiger partial charge in [-0.25, -0.2) is 4.79 Å². The summed E-state index contributed by atoms with van der Waals surface area (Å²) >= 11 is 6.13. The molecule has 2 amide bonds. The van der Waals surface area contributed by atoms with E-state index < -0.39 is 0 Å². The molecule has 1 aromatic heterocycles. The highest BCUT2D eigenvalue weighted by atomic mass is 35.5. The molecule has 0 aliphatic carbocycles. The molecule has 0 aliphatic rings. The highest BCUT2D eigenvalue weighted by Crippen LogP contribution is 2.27. The Bertz CT molecular complexity index is 614. The van der Waals surface area contributed by atoms with Crippen LogP contribution in [0.5, 0.6) is 0 Å². The molecule has 0 unspecified atom stereocenters. The van der Waals surface area contributed by atoms with Crippen LogP contribution in [0.1, 0.15) is 22.6 Å². The summed E-state index contributed by atoms with van der Waals surface area (Å²) in [5.41, 5.74) is 3.26. The second kappa shape index (κ2) is 5.96. The van der Waals surface area contributed by atoms with Crippen LogP contribution in [-0.2, 0) is 6.54 Å². The third kappa shape index (κ3) is 3.51. The Labute approximate surface area is 122 Å². The molecule has 6 heteroatoms. The molecule has 0 spiro atoms. The minimum absolute atomic E-state index is 0.297. The Kier molecular flexibility index (Phi) is 4.29. The van der Waals surface area contributed by atoms with Gasteiger partial charge in [-0.3, -0.25) is 0 Å². The van der Waals surface area contributed by atoms with E-state index in [1.54, 1.807) is 13.0 Å². The molecule has 2 aromatic rings. The van der Waals surface area contributed by atoms with Gasteiger partial charge in [0.15, 0.2) is 0 Å². The second-order valence-electron chi connectivity index (χ2n) is 4.68. The van der Waals surface area contributed by atoms with Gasteiger partial charge in [0.2, 0.25) is 0 Å². The van der Waals surface area contributed by atoms with Crippen LogP contribution in [0.2, 0.25) is 5.02 Å². The van der Waals surface area contributed by atoms with Crippen molar-refractivity contribution in [1.29, 1.82) is 0 Å². The first-order valence-corrected chi connectivity index (χ1v) is 6.57.